The monoisotopic (exact) mass is 366 g/mol. The number of halogens is 1. The Labute approximate surface area is 158 Å². The summed E-state index contributed by atoms with van der Waals surface area (Å²) < 4.78 is 19.8. The van der Waals surface area contributed by atoms with E-state index in [2.05, 4.69) is 23.1 Å². The Morgan fingerprint density at radius 2 is 1.81 bits per heavy atom. The summed E-state index contributed by atoms with van der Waals surface area (Å²) in [6.45, 7) is 3.99. The molecule has 0 atom stereocenters. The van der Waals surface area contributed by atoms with Crippen LogP contribution >= 0.6 is 0 Å². The number of carbonyl (C=O) groups is 1. The van der Waals surface area contributed by atoms with E-state index in [9.17, 15) is 9.18 Å². The van der Waals surface area contributed by atoms with Gasteiger partial charge in [0.25, 0.3) is 0 Å². The Kier molecular flexibility index (Phi) is 3.93. The Hall–Kier alpha value is -2.40. The van der Waals surface area contributed by atoms with Gasteiger partial charge in [-0.2, -0.15) is 0 Å². The van der Waals surface area contributed by atoms with Gasteiger partial charge >= 0.3 is 0 Å². The molecule has 140 valence electrons. The number of fused-ring (bicyclic) bond motifs is 1. The molecular weight excluding hydrogens is 343 g/mol. The van der Waals surface area contributed by atoms with E-state index in [4.69, 9.17) is 4.74 Å². The molecule has 0 aromatic heterocycles. The van der Waals surface area contributed by atoms with Crippen LogP contribution in [0.4, 0.5) is 15.8 Å². The molecule has 0 radical (unpaired) electrons. The number of benzene rings is 2. The van der Waals surface area contributed by atoms with Crippen LogP contribution in [0.25, 0.3) is 0 Å². The third kappa shape index (κ3) is 2.72. The quantitative estimate of drug-likeness (QED) is 0.836. The summed E-state index contributed by atoms with van der Waals surface area (Å²) >= 11 is 0. The van der Waals surface area contributed by atoms with Crippen molar-refractivity contribution in [1.82, 2.24) is 0 Å². The maximum atomic E-state index is 14.3. The molecule has 5 heteroatoms. The number of hydrogen-bond donors (Lipinski definition) is 0. The molecule has 0 unspecified atom stereocenters. The minimum absolute atomic E-state index is 0.0467. The van der Waals surface area contributed by atoms with Crippen LogP contribution in [0.5, 0.6) is 0 Å². The van der Waals surface area contributed by atoms with E-state index in [1.165, 1.54) is 17.3 Å². The number of nitrogens with zero attached hydrogens (tertiary/aromatic N) is 2. The van der Waals surface area contributed by atoms with E-state index < -0.39 is 5.41 Å². The summed E-state index contributed by atoms with van der Waals surface area (Å²) in [5, 5.41) is 0. The zero-order valence-electron chi connectivity index (χ0n) is 15.3. The van der Waals surface area contributed by atoms with Crippen molar-refractivity contribution in [2.24, 2.45) is 0 Å². The van der Waals surface area contributed by atoms with E-state index in [-0.39, 0.29) is 11.7 Å². The number of carbonyl (C=O) groups excluding carboxylic acids is 1. The van der Waals surface area contributed by atoms with Gasteiger partial charge in [-0.15, -0.1) is 0 Å². The molecule has 2 aromatic rings. The molecule has 4 nitrogen and oxygen atoms in total. The van der Waals surface area contributed by atoms with Crippen LogP contribution < -0.4 is 9.80 Å². The van der Waals surface area contributed by atoms with Crippen molar-refractivity contribution in [1.29, 1.82) is 0 Å². The van der Waals surface area contributed by atoms with Crippen molar-refractivity contribution >= 4 is 17.3 Å². The maximum Gasteiger partial charge on any atom is 0.237 e. The summed E-state index contributed by atoms with van der Waals surface area (Å²) in [7, 11) is 0. The lowest BCUT2D eigenvalue weighted by atomic mass is 9.93. The molecule has 2 aliphatic heterocycles. The van der Waals surface area contributed by atoms with Gasteiger partial charge in [0, 0.05) is 36.6 Å². The number of amides is 1. The highest BCUT2D eigenvalue weighted by Gasteiger charge is 2.55. The lowest BCUT2D eigenvalue weighted by Gasteiger charge is -2.29. The third-order valence-electron chi connectivity index (χ3n) is 6.13. The summed E-state index contributed by atoms with van der Waals surface area (Å²) in [6.07, 6.45) is 2.31. The molecule has 0 N–H and O–H groups in total. The predicted octanol–water partition coefficient (Wildman–Crippen LogP) is 3.28. The predicted molar refractivity (Wildman–Crippen MR) is 103 cm³/mol. The van der Waals surface area contributed by atoms with Gasteiger partial charge in [0.1, 0.15) is 5.82 Å². The minimum atomic E-state index is -0.671. The number of hydrogen-bond acceptors (Lipinski definition) is 3. The van der Waals surface area contributed by atoms with Gasteiger partial charge in [0.05, 0.1) is 18.6 Å². The topological polar surface area (TPSA) is 32.8 Å². The third-order valence-corrected chi connectivity index (χ3v) is 6.13. The van der Waals surface area contributed by atoms with E-state index in [1.54, 1.807) is 12.1 Å². The Morgan fingerprint density at radius 3 is 2.56 bits per heavy atom. The minimum Gasteiger partial charge on any atom is -0.378 e. The number of anilines is 2. The zero-order chi connectivity index (χ0) is 18.4. The van der Waals surface area contributed by atoms with E-state index in [0.29, 0.717) is 12.1 Å². The fraction of sp³-hybridized carbons (Fsp3) is 0.409. The normalized spacial score (nSPS) is 20.5. The Morgan fingerprint density at radius 1 is 1.04 bits per heavy atom. The van der Waals surface area contributed by atoms with Crippen molar-refractivity contribution in [3.63, 3.8) is 0 Å². The van der Waals surface area contributed by atoms with Gasteiger partial charge in [-0.05, 0) is 49.1 Å². The number of rotatable bonds is 3. The smallest absolute Gasteiger partial charge is 0.237 e. The van der Waals surface area contributed by atoms with Crippen LogP contribution in [-0.2, 0) is 21.4 Å². The van der Waals surface area contributed by atoms with Crippen molar-refractivity contribution < 1.29 is 13.9 Å². The second-order valence-electron chi connectivity index (χ2n) is 7.68. The summed E-state index contributed by atoms with van der Waals surface area (Å²) in [5.41, 5.74) is 3.27. The van der Waals surface area contributed by atoms with Crippen LogP contribution in [0.3, 0.4) is 0 Å². The highest BCUT2D eigenvalue weighted by atomic mass is 19.1. The standard InChI is InChI=1S/C22H23FN2O2/c23-19-4-2-1-3-18(19)22(8-9-22)21(26)25-10-7-16-15-17(5-6-20(16)25)24-11-13-27-14-12-24/h1-6,15H,7-14H2. The van der Waals surface area contributed by atoms with Crippen molar-refractivity contribution in [2.75, 3.05) is 42.6 Å². The average Bonchev–Trinajstić information content (AvgIpc) is 3.41. The molecule has 1 saturated carbocycles. The SMILES string of the molecule is O=C(N1CCc2cc(N3CCOCC3)ccc21)C1(c2ccccc2F)CC1. The second kappa shape index (κ2) is 6.34. The molecule has 2 heterocycles. The highest BCUT2D eigenvalue weighted by Crippen LogP contribution is 2.51. The van der Waals surface area contributed by atoms with Crippen LogP contribution in [0, 0.1) is 5.82 Å². The van der Waals surface area contributed by atoms with Gasteiger partial charge in [-0.1, -0.05) is 18.2 Å². The number of ether oxygens (including phenoxy) is 1. The zero-order valence-corrected chi connectivity index (χ0v) is 15.3. The molecule has 27 heavy (non-hydrogen) atoms. The van der Waals surface area contributed by atoms with Crippen LogP contribution in [-0.4, -0.2) is 38.8 Å². The molecule has 3 aliphatic rings. The first-order chi connectivity index (χ1) is 13.2. The molecule has 1 saturated heterocycles. The summed E-state index contributed by atoms with van der Waals surface area (Å²) in [4.78, 5) is 17.6. The second-order valence-corrected chi connectivity index (χ2v) is 7.68. The molecule has 1 aliphatic carbocycles. The molecule has 0 bridgehead atoms. The maximum absolute atomic E-state index is 14.3. The van der Waals surface area contributed by atoms with Gasteiger partial charge in [0.2, 0.25) is 5.91 Å². The molecule has 2 fully saturated rings. The van der Waals surface area contributed by atoms with E-state index >= 15 is 0 Å². The summed E-state index contributed by atoms with van der Waals surface area (Å²) in [5.74, 6) is -0.226. The fourth-order valence-corrected chi connectivity index (χ4v) is 4.45. The van der Waals surface area contributed by atoms with Crippen LogP contribution in [0.2, 0.25) is 0 Å². The molecule has 2 aromatic carbocycles. The lowest BCUT2D eigenvalue weighted by Crippen LogP contribution is -2.38. The fourth-order valence-electron chi connectivity index (χ4n) is 4.45. The highest BCUT2D eigenvalue weighted by molar-refractivity contribution is 6.04. The van der Waals surface area contributed by atoms with Crippen molar-refractivity contribution in [3.8, 4) is 0 Å². The van der Waals surface area contributed by atoms with Crippen LogP contribution in [0.15, 0.2) is 42.5 Å². The molecule has 5 rings (SSSR count). The average molecular weight is 366 g/mol. The Bertz CT molecular complexity index is 888. The first kappa shape index (κ1) is 16.8. The van der Waals surface area contributed by atoms with E-state index in [0.717, 1.165) is 51.3 Å². The lowest BCUT2D eigenvalue weighted by molar-refractivity contribution is -0.121. The van der Waals surface area contributed by atoms with Gasteiger partial charge in [0.15, 0.2) is 0 Å². The van der Waals surface area contributed by atoms with Gasteiger partial charge < -0.3 is 14.5 Å². The van der Waals surface area contributed by atoms with Crippen molar-refractivity contribution in [3.05, 3.63) is 59.4 Å². The first-order valence-corrected chi connectivity index (χ1v) is 9.72. The largest absolute Gasteiger partial charge is 0.378 e. The molecule has 0 spiro atoms. The summed E-state index contributed by atoms with van der Waals surface area (Å²) in [6, 6.07) is 13.1. The van der Waals surface area contributed by atoms with Crippen LogP contribution in [0.1, 0.15) is 24.0 Å². The van der Waals surface area contributed by atoms with Crippen molar-refractivity contribution in [2.45, 2.75) is 24.7 Å². The van der Waals surface area contributed by atoms with E-state index in [1.807, 2.05) is 11.0 Å². The van der Waals surface area contributed by atoms with Gasteiger partial charge in [-0.3, -0.25) is 4.79 Å². The molecular formula is C22H23FN2O2. The van der Waals surface area contributed by atoms with Gasteiger partial charge in [-0.25, -0.2) is 4.39 Å². The first-order valence-electron chi connectivity index (χ1n) is 9.72. The number of morpholine rings is 1. The molecule has 1 amide bonds. The Balaban J connectivity index is 1.42.